The van der Waals surface area contributed by atoms with E-state index in [4.69, 9.17) is 0 Å². The quantitative estimate of drug-likeness (QED) is 0.232. The molecule has 0 radical (unpaired) electrons. The minimum atomic E-state index is -0.324. The van der Waals surface area contributed by atoms with Gasteiger partial charge in [-0.2, -0.15) is 0 Å². The van der Waals surface area contributed by atoms with Crippen LogP contribution in [0.3, 0.4) is 0 Å². The van der Waals surface area contributed by atoms with E-state index in [0.717, 1.165) is 0 Å². The first kappa shape index (κ1) is 11.4. The number of benzene rings is 1. The standard InChI is InChI=1S/C6H5FO2S.Na/c7-5-1-3-6(4-2-5)10-9-8;/h1-4,8H;/q;+1/p-1. The van der Waals surface area contributed by atoms with Crippen LogP contribution >= 0.6 is 12.0 Å². The summed E-state index contributed by atoms with van der Waals surface area (Å²) in [6.07, 6.45) is 0. The summed E-state index contributed by atoms with van der Waals surface area (Å²) < 4.78 is 15.7. The van der Waals surface area contributed by atoms with Crippen molar-refractivity contribution in [3.63, 3.8) is 0 Å². The maximum atomic E-state index is 12.2. The van der Waals surface area contributed by atoms with Gasteiger partial charge in [-0.15, -0.1) is 0 Å². The van der Waals surface area contributed by atoms with Gasteiger partial charge in [0, 0.05) is 16.9 Å². The maximum absolute atomic E-state index is 12.2. The number of rotatable bonds is 2. The summed E-state index contributed by atoms with van der Waals surface area (Å²) in [7, 11) is 0. The van der Waals surface area contributed by atoms with Crippen molar-refractivity contribution < 1.29 is 43.5 Å². The second-order valence-electron chi connectivity index (χ2n) is 1.61. The Morgan fingerprint density at radius 2 is 1.82 bits per heavy atom. The topological polar surface area (TPSA) is 32.3 Å². The molecule has 0 saturated carbocycles. The van der Waals surface area contributed by atoms with Gasteiger partial charge in [0.1, 0.15) is 5.82 Å². The third-order valence-electron chi connectivity index (χ3n) is 0.944. The molecular formula is C6H4FNaO2S. The smallest absolute Gasteiger partial charge is 0.710 e. The molecule has 0 spiro atoms. The minimum absolute atomic E-state index is 0. The Morgan fingerprint density at radius 3 is 2.27 bits per heavy atom. The van der Waals surface area contributed by atoms with Gasteiger partial charge >= 0.3 is 29.6 Å². The van der Waals surface area contributed by atoms with E-state index >= 15 is 0 Å². The predicted molar refractivity (Wildman–Crippen MR) is 33.3 cm³/mol. The Labute approximate surface area is 90.2 Å². The number of hydrogen-bond acceptors (Lipinski definition) is 3. The van der Waals surface area contributed by atoms with Gasteiger partial charge in [-0.3, -0.25) is 0 Å². The van der Waals surface area contributed by atoms with Crippen molar-refractivity contribution in [1.29, 1.82) is 0 Å². The summed E-state index contributed by atoms with van der Waals surface area (Å²) in [6, 6.07) is 5.47. The monoisotopic (exact) mass is 182 g/mol. The first-order chi connectivity index (χ1) is 4.83. The molecule has 0 aliphatic heterocycles. The summed E-state index contributed by atoms with van der Waals surface area (Å²) in [6.45, 7) is 0. The molecule has 54 valence electrons. The van der Waals surface area contributed by atoms with Crippen LogP contribution in [0.4, 0.5) is 4.39 Å². The molecule has 0 atom stereocenters. The Kier molecular flexibility index (Phi) is 6.22. The van der Waals surface area contributed by atoms with Crippen LogP contribution in [-0.4, -0.2) is 0 Å². The fourth-order valence-electron chi connectivity index (χ4n) is 0.529. The Morgan fingerprint density at radius 1 is 1.27 bits per heavy atom. The van der Waals surface area contributed by atoms with Crippen molar-refractivity contribution in [2.24, 2.45) is 0 Å². The van der Waals surface area contributed by atoms with Crippen molar-refractivity contribution in [3.05, 3.63) is 30.1 Å². The van der Waals surface area contributed by atoms with Crippen LogP contribution in [0.1, 0.15) is 0 Å². The van der Waals surface area contributed by atoms with Gasteiger partial charge in [-0.05, 0) is 24.3 Å². The van der Waals surface area contributed by atoms with Crippen molar-refractivity contribution in [2.45, 2.75) is 4.90 Å². The zero-order chi connectivity index (χ0) is 7.40. The fraction of sp³-hybridized carbons (Fsp3) is 0. The van der Waals surface area contributed by atoms with Gasteiger partial charge in [0.15, 0.2) is 0 Å². The van der Waals surface area contributed by atoms with E-state index in [-0.39, 0.29) is 35.4 Å². The van der Waals surface area contributed by atoms with Crippen LogP contribution in [-0.2, 0) is 4.33 Å². The van der Waals surface area contributed by atoms with Crippen LogP contribution in [0.25, 0.3) is 0 Å². The summed E-state index contributed by atoms with van der Waals surface area (Å²) >= 11 is 0.662. The zero-order valence-corrected chi connectivity index (χ0v) is 8.73. The molecular weight excluding hydrogens is 178 g/mol. The third kappa shape index (κ3) is 4.10. The van der Waals surface area contributed by atoms with E-state index in [1.165, 1.54) is 24.3 Å². The van der Waals surface area contributed by atoms with E-state index in [9.17, 15) is 9.65 Å². The maximum Gasteiger partial charge on any atom is 1.00 e. The Hall–Kier alpha value is 0.420. The van der Waals surface area contributed by atoms with E-state index < -0.39 is 0 Å². The fourth-order valence-corrected chi connectivity index (χ4v) is 0.855. The van der Waals surface area contributed by atoms with Crippen LogP contribution in [0.5, 0.6) is 0 Å². The molecule has 0 aliphatic rings. The zero-order valence-electron chi connectivity index (χ0n) is 5.91. The van der Waals surface area contributed by atoms with E-state index in [0.29, 0.717) is 16.9 Å². The first-order valence-electron chi connectivity index (χ1n) is 2.55. The number of halogens is 1. The van der Waals surface area contributed by atoms with Crippen molar-refractivity contribution in [2.75, 3.05) is 0 Å². The Bertz CT molecular complexity index is 204. The molecule has 0 aromatic heterocycles. The molecule has 1 aromatic carbocycles. The predicted octanol–water partition coefficient (Wildman–Crippen LogP) is -1.87. The van der Waals surface area contributed by atoms with Crippen LogP contribution in [0, 0.1) is 5.82 Å². The van der Waals surface area contributed by atoms with Gasteiger partial charge in [0.05, 0.1) is 0 Å². The molecule has 0 aliphatic carbocycles. The third-order valence-corrected chi connectivity index (χ3v) is 1.48. The largest absolute Gasteiger partial charge is 1.00 e. The van der Waals surface area contributed by atoms with E-state index in [1.807, 2.05) is 0 Å². The Balaban J connectivity index is 0.000001000. The molecule has 1 rings (SSSR count). The van der Waals surface area contributed by atoms with E-state index in [2.05, 4.69) is 4.33 Å². The van der Waals surface area contributed by atoms with Crippen LogP contribution in [0.15, 0.2) is 29.2 Å². The average molecular weight is 182 g/mol. The van der Waals surface area contributed by atoms with Gasteiger partial charge in [-0.1, -0.05) is 0 Å². The molecule has 0 saturated heterocycles. The normalized spacial score (nSPS) is 8.91. The molecule has 2 nitrogen and oxygen atoms in total. The molecule has 0 N–H and O–H groups in total. The molecule has 0 heterocycles. The molecule has 0 amide bonds. The summed E-state index contributed by atoms with van der Waals surface area (Å²) in [4.78, 5) is 0.594. The van der Waals surface area contributed by atoms with Crippen LogP contribution in [0.2, 0.25) is 0 Å². The van der Waals surface area contributed by atoms with Gasteiger partial charge in [-0.25, -0.2) is 4.39 Å². The average Bonchev–Trinajstić information content (AvgIpc) is 1.95. The summed E-state index contributed by atoms with van der Waals surface area (Å²) in [5, 5.41) is 9.55. The molecule has 0 unspecified atom stereocenters. The second kappa shape index (κ2) is 5.99. The summed E-state index contributed by atoms with van der Waals surface area (Å²) in [5.74, 6) is -0.324. The van der Waals surface area contributed by atoms with E-state index in [1.54, 1.807) is 0 Å². The molecule has 0 fully saturated rings. The van der Waals surface area contributed by atoms with Crippen molar-refractivity contribution in [3.8, 4) is 0 Å². The summed E-state index contributed by atoms with van der Waals surface area (Å²) in [5.41, 5.74) is 0. The molecule has 0 bridgehead atoms. The van der Waals surface area contributed by atoms with Gasteiger partial charge in [0.2, 0.25) is 0 Å². The van der Waals surface area contributed by atoms with Gasteiger partial charge < -0.3 is 9.59 Å². The van der Waals surface area contributed by atoms with Crippen molar-refractivity contribution >= 4 is 12.0 Å². The molecule has 5 heteroatoms. The van der Waals surface area contributed by atoms with Crippen molar-refractivity contribution in [1.82, 2.24) is 0 Å². The molecule has 11 heavy (non-hydrogen) atoms. The second-order valence-corrected chi connectivity index (χ2v) is 2.38. The minimum Gasteiger partial charge on any atom is -0.710 e. The number of hydrogen-bond donors (Lipinski definition) is 0. The van der Waals surface area contributed by atoms with Crippen LogP contribution < -0.4 is 34.8 Å². The SMILES string of the molecule is [Na+].[O-]OSc1ccc(F)cc1. The van der Waals surface area contributed by atoms with Gasteiger partial charge in [0.25, 0.3) is 0 Å². The molecule has 1 aromatic rings. The first-order valence-corrected chi connectivity index (χ1v) is 3.29.